The van der Waals surface area contributed by atoms with Crippen LogP contribution < -0.4 is 22.1 Å². The molecular formula is C15H13F3N6O2. The summed E-state index contributed by atoms with van der Waals surface area (Å²) in [5.41, 5.74) is 10.4. The molecule has 3 rings (SSSR count). The van der Waals surface area contributed by atoms with E-state index in [4.69, 9.17) is 11.5 Å². The molecule has 0 saturated carbocycles. The number of benzene rings is 1. The van der Waals surface area contributed by atoms with Crippen LogP contribution in [0.3, 0.4) is 0 Å². The van der Waals surface area contributed by atoms with E-state index < -0.39 is 29.5 Å². The van der Waals surface area contributed by atoms with Gasteiger partial charge in [0, 0.05) is 12.1 Å². The molecule has 11 heteroatoms. The number of carbonyl (C=O) groups is 2. The normalized spacial score (nSPS) is 16.6. The van der Waals surface area contributed by atoms with Crippen LogP contribution in [0.15, 0.2) is 24.3 Å². The van der Waals surface area contributed by atoms with Crippen LogP contribution in [0, 0.1) is 0 Å². The van der Waals surface area contributed by atoms with Gasteiger partial charge in [0.15, 0.2) is 0 Å². The van der Waals surface area contributed by atoms with Gasteiger partial charge >= 0.3 is 6.18 Å². The van der Waals surface area contributed by atoms with E-state index in [-0.39, 0.29) is 35.3 Å². The van der Waals surface area contributed by atoms with Crippen LogP contribution in [0.4, 0.5) is 36.4 Å². The molecule has 1 atom stereocenters. The Morgan fingerprint density at radius 2 is 2.00 bits per heavy atom. The third kappa shape index (κ3) is 3.36. The Bertz CT molecular complexity index is 899. The van der Waals surface area contributed by atoms with E-state index in [1.54, 1.807) is 0 Å². The number of hydrogen-bond acceptors (Lipinski definition) is 6. The average molecular weight is 366 g/mol. The minimum absolute atomic E-state index is 0.00967. The molecule has 1 aromatic carbocycles. The lowest BCUT2D eigenvalue weighted by Crippen LogP contribution is -2.32. The van der Waals surface area contributed by atoms with Crippen molar-refractivity contribution < 1.29 is 22.8 Å². The number of alkyl halides is 3. The smallest absolute Gasteiger partial charge is 0.383 e. The van der Waals surface area contributed by atoms with Gasteiger partial charge in [0.25, 0.3) is 0 Å². The number of anilines is 4. The third-order valence-electron chi connectivity index (χ3n) is 3.76. The molecule has 0 aliphatic carbocycles. The highest BCUT2D eigenvalue weighted by molar-refractivity contribution is 6.05. The van der Waals surface area contributed by atoms with Gasteiger partial charge in [0.1, 0.15) is 11.6 Å². The second-order valence-electron chi connectivity index (χ2n) is 5.60. The summed E-state index contributed by atoms with van der Waals surface area (Å²) in [6, 6.07) is 4.15. The largest absolute Gasteiger partial charge is 0.416 e. The standard InChI is InChI=1S/C15H13F3N6O2/c16-15(17,18)6-2-1-3-7(4-6)21-13(26)8-5-9(25)22-12-10(8)11(19)23-14(20)24-12/h1-4,8H,5H2,(H,21,26)(H5,19,20,22,23,24,25)/t8-/m1/s1. The van der Waals surface area contributed by atoms with Gasteiger partial charge in [-0.05, 0) is 18.2 Å². The second-order valence-corrected chi connectivity index (χ2v) is 5.60. The van der Waals surface area contributed by atoms with E-state index in [2.05, 4.69) is 20.6 Å². The SMILES string of the molecule is Nc1nc(N)c2c(n1)NC(=O)C[C@H]2C(=O)Nc1cccc(C(F)(F)F)c1. The molecule has 1 aliphatic heterocycles. The predicted octanol–water partition coefficient (Wildman–Crippen LogP) is 1.72. The molecular weight excluding hydrogens is 353 g/mol. The minimum Gasteiger partial charge on any atom is -0.383 e. The molecule has 8 nitrogen and oxygen atoms in total. The molecule has 136 valence electrons. The Hall–Kier alpha value is -3.37. The third-order valence-corrected chi connectivity index (χ3v) is 3.76. The molecule has 6 N–H and O–H groups in total. The van der Waals surface area contributed by atoms with Crippen LogP contribution in [-0.4, -0.2) is 21.8 Å². The average Bonchev–Trinajstić information content (AvgIpc) is 2.52. The number of fused-ring (bicyclic) bond motifs is 1. The van der Waals surface area contributed by atoms with Gasteiger partial charge in [0.2, 0.25) is 17.8 Å². The van der Waals surface area contributed by atoms with E-state index >= 15 is 0 Å². The summed E-state index contributed by atoms with van der Waals surface area (Å²) in [4.78, 5) is 32.0. The number of halogens is 3. The molecule has 0 bridgehead atoms. The highest BCUT2D eigenvalue weighted by Gasteiger charge is 2.35. The van der Waals surface area contributed by atoms with Gasteiger partial charge in [0.05, 0.1) is 17.0 Å². The maximum absolute atomic E-state index is 12.8. The Balaban J connectivity index is 1.91. The van der Waals surface area contributed by atoms with Crippen molar-refractivity contribution in [2.75, 3.05) is 22.1 Å². The van der Waals surface area contributed by atoms with Crippen molar-refractivity contribution >= 4 is 35.1 Å². The number of amides is 2. The molecule has 0 saturated heterocycles. The molecule has 26 heavy (non-hydrogen) atoms. The van der Waals surface area contributed by atoms with Gasteiger partial charge in [-0.1, -0.05) is 6.07 Å². The van der Waals surface area contributed by atoms with Gasteiger partial charge in [-0.2, -0.15) is 23.1 Å². The number of nitrogen functional groups attached to an aromatic ring is 2. The summed E-state index contributed by atoms with van der Waals surface area (Å²) in [6.45, 7) is 0. The lowest BCUT2D eigenvalue weighted by Gasteiger charge is -2.25. The van der Waals surface area contributed by atoms with Crippen molar-refractivity contribution in [3.05, 3.63) is 35.4 Å². The first kappa shape index (κ1) is 17.5. The van der Waals surface area contributed by atoms with E-state index in [1.165, 1.54) is 6.07 Å². The van der Waals surface area contributed by atoms with Crippen LogP contribution in [0.2, 0.25) is 0 Å². The summed E-state index contributed by atoms with van der Waals surface area (Å²) < 4.78 is 38.4. The van der Waals surface area contributed by atoms with E-state index in [0.29, 0.717) is 0 Å². The van der Waals surface area contributed by atoms with Crippen molar-refractivity contribution in [1.82, 2.24) is 9.97 Å². The zero-order valence-corrected chi connectivity index (χ0v) is 13.1. The summed E-state index contributed by atoms with van der Waals surface area (Å²) in [6.07, 6.45) is -4.80. The Labute approximate surface area is 144 Å². The van der Waals surface area contributed by atoms with Crippen LogP contribution in [-0.2, 0) is 15.8 Å². The first-order chi connectivity index (χ1) is 12.1. The van der Waals surface area contributed by atoms with E-state index in [0.717, 1.165) is 18.2 Å². The van der Waals surface area contributed by atoms with Gasteiger partial charge < -0.3 is 22.1 Å². The minimum atomic E-state index is -4.55. The molecule has 0 unspecified atom stereocenters. The van der Waals surface area contributed by atoms with Crippen molar-refractivity contribution in [2.24, 2.45) is 0 Å². The fraction of sp³-hybridized carbons (Fsp3) is 0.200. The number of nitrogens with zero attached hydrogens (tertiary/aromatic N) is 2. The molecule has 0 fully saturated rings. The highest BCUT2D eigenvalue weighted by Crippen LogP contribution is 2.36. The monoisotopic (exact) mass is 366 g/mol. The number of nitrogens with two attached hydrogens (primary N) is 2. The Kier molecular flexibility index (Phi) is 4.14. The van der Waals surface area contributed by atoms with Crippen molar-refractivity contribution in [1.29, 1.82) is 0 Å². The quantitative estimate of drug-likeness (QED) is 0.639. The number of hydrogen-bond donors (Lipinski definition) is 4. The number of rotatable bonds is 2. The van der Waals surface area contributed by atoms with Crippen LogP contribution in [0.25, 0.3) is 0 Å². The van der Waals surface area contributed by atoms with Crippen LogP contribution in [0.5, 0.6) is 0 Å². The zero-order chi connectivity index (χ0) is 19.1. The van der Waals surface area contributed by atoms with Gasteiger partial charge in [-0.25, -0.2) is 0 Å². The lowest BCUT2D eigenvalue weighted by atomic mass is 9.92. The van der Waals surface area contributed by atoms with E-state index in [1.807, 2.05) is 0 Å². The first-order valence-corrected chi connectivity index (χ1v) is 7.36. The maximum atomic E-state index is 12.8. The zero-order valence-electron chi connectivity index (χ0n) is 13.1. The Morgan fingerprint density at radius 1 is 1.27 bits per heavy atom. The second kappa shape index (κ2) is 6.17. The highest BCUT2D eigenvalue weighted by atomic mass is 19.4. The van der Waals surface area contributed by atoms with Crippen molar-refractivity contribution in [3.8, 4) is 0 Å². The fourth-order valence-corrected chi connectivity index (χ4v) is 2.64. The molecule has 2 aromatic rings. The molecule has 1 aliphatic rings. The van der Waals surface area contributed by atoms with Gasteiger partial charge in [-0.3, -0.25) is 9.59 Å². The predicted molar refractivity (Wildman–Crippen MR) is 86.9 cm³/mol. The maximum Gasteiger partial charge on any atom is 0.416 e. The van der Waals surface area contributed by atoms with E-state index in [9.17, 15) is 22.8 Å². The lowest BCUT2D eigenvalue weighted by molar-refractivity contribution is -0.137. The number of carbonyl (C=O) groups excluding carboxylic acids is 2. The van der Waals surface area contributed by atoms with Crippen LogP contribution >= 0.6 is 0 Å². The Morgan fingerprint density at radius 3 is 2.69 bits per heavy atom. The van der Waals surface area contributed by atoms with Crippen LogP contribution in [0.1, 0.15) is 23.5 Å². The molecule has 1 aromatic heterocycles. The summed E-state index contributed by atoms with van der Waals surface area (Å²) in [5, 5.41) is 4.81. The number of nitrogens with one attached hydrogen (secondary N) is 2. The van der Waals surface area contributed by atoms with Crippen molar-refractivity contribution in [2.45, 2.75) is 18.5 Å². The fourth-order valence-electron chi connectivity index (χ4n) is 2.64. The summed E-state index contributed by atoms with van der Waals surface area (Å²) in [5.74, 6) is -2.53. The van der Waals surface area contributed by atoms with Crippen molar-refractivity contribution in [3.63, 3.8) is 0 Å². The molecule has 2 amide bonds. The molecule has 0 spiro atoms. The summed E-state index contributed by atoms with van der Waals surface area (Å²) >= 11 is 0. The molecule has 2 heterocycles. The summed E-state index contributed by atoms with van der Waals surface area (Å²) in [7, 11) is 0. The topological polar surface area (TPSA) is 136 Å². The van der Waals surface area contributed by atoms with Gasteiger partial charge in [-0.15, -0.1) is 0 Å². The molecule has 0 radical (unpaired) electrons. The number of aromatic nitrogens is 2. The first-order valence-electron chi connectivity index (χ1n) is 7.36.